The molecule has 1 aromatic rings. The van der Waals surface area contributed by atoms with Crippen LogP contribution in [0.3, 0.4) is 0 Å². The van der Waals surface area contributed by atoms with Gasteiger partial charge in [-0.25, -0.2) is 0 Å². The van der Waals surface area contributed by atoms with Gasteiger partial charge in [-0.2, -0.15) is 5.10 Å². The van der Waals surface area contributed by atoms with Crippen LogP contribution in [0.2, 0.25) is 5.15 Å². The standard InChI is InChI=1S/C10H15ClN4/c1-8-6-12-4-5-15(8)7-9-2-3-10(11)14-13-9/h2-3,8,12H,4-7H2,1H3. The summed E-state index contributed by atoms with van der Waals surface area (Å²) in [5, 5.41) is 11.7. The molecule has 15 heavy (non-hydrogen) atoms. The Hall–Kier alpha value is -0.710. The lowest BCUT2D eigenvalue weighted by Crippen LogP contribution is -2.49. The summed E-state index contributed by atoms with van der Waals surface area (Å²) in [5.41, 5.74) is 0.980. The van der Waals surface area contributed by atoms with Crippen LogP contribution < -0.4 is 5.32 Å². The van der Waals surface area contributed by atoms with Gasteiger partial charge < -0.3 is 5.32 Å². The monoisotopic (exact) mass is 226 g/mol. The van der Waals surface area contributed by atoms with Crippen molar-refractivity contribution in [2.75, 3.05) is 19.6 Å². The van der Waals surface area contributed by atoms with Gasteiger partial charge in [0, 0.05) is 32.2 Å². The molecular weight excluding hydrogens is 212 g/mol. The molecular formula is C10H15ClN4. The Morgan fingerprint density at radius 3 is 3.07 bits per heavy atom. The summed E-state index contributed by atoms with van der Waals surface area (Å²) in [7, 11) is 0. The van der Waals surface area contributed by atoms with Crippen molar-refractivity contribution < 1.29 is 0 Å². The molecule has 2 rings (SSSR count). The Balaban J connectivity index is 1.98. The van der Waals surface area contributed by atoms with E-state index in [-0.39, 0.29) is 0 Å². The van der Waals surface area contributed by atoms with E-state index in [1.54, 1.807) is 6.07 Å². The molecule has 5 heteroatoms. The molecule has 1 aliphatic heterocycles. The molecule has 1 unspecified atom stereocenters. The van der Waals surface area contributed by atoms with E-state index in [0.29, 0.717) is 11.2 Å². The van der Waals surface area contributed by atoms with Crippen molar-refractivity contribution in [1.29, 1.82) is 0 Å². The largest absolute Gasteiger partial charge is 0.314 e. The third-order valence-electron chi connectivity index (χ3n) is 2.69. The summed E-state index contributed by atoms with van der Waals surface area (Å²) >= 11 is 5.69. The van der Waals surface area contributed by atoms with Crippen molar-refractivity contribution in [3.63, 3.8) is 0 Å². The molecule has 1 atom stereocenters. The van der Waals surface area contributed by atoms with Gasteiger partial charge in [0.25, 0.3) is 0 Å². The van der Waals surface area contributed by atoms with Gasteiger partial charge in [0.2, 0.25) is 0 Å². The number of rotatable bonds is 2. The highest BCUT2D eigenvalue weighted by atomic mass is 35.5. The maximum absolute atomic E-state index is 5.69. The Morgan fingerprint density at radius 2 is 2.40 bits per heavy atom. The molecule has 0 aromatic carbocycles. The fourth-order valence-electron chi connectivity index (χ4n) is 1.75. The number of piperazine rings is 1. The number of nitrogens with one attached hydrogen (secondary N) is 1. The predicted molar refractivity (Wildman–Crippen MR) is 59.8 cm³/mol. The van der Waals surface area contributed by atoms with Gasteiger partial charge in [-0.05, 0) is 19.1 Å². The van der Waals surface area contributed by atoms with Gasteiger partial charge in [-0.3, -0.25) is 4.90 Å². The number of nitrogens with zero attached hydrogens (tertiary/aromatic N) is 3. The van der Waals surface area contributed by atoms with Crippen molar-refractivity contribution in [1.82, 2.24) is 20.4 Å². The van der Waals surface area contributed by atoms with Crippen LogP contribution in [0.25, 0.3) is 0 Å². The molecule has 0 bridgehead atoms. The third kappa shape index (κ3) is 2.87. The predicted octanol–water partition coefficient (Wildman–Crippen LogP) is 0.924. The maximum atomic E-state index is 5.69. The third-order valence-corrected chi connectivity index (χ3v) is 2.89. The van der Waals surface area contributed by atoms with E-state index in [1.807, 2.05) is 6.07 Å². The molecule has 0 spiro atoms. The Morgan fingerprint density at radius 1 is 1.53 bits per heavy atom. The van der Waals surface area contributed by atoms with Crippen LogP contribution in [0, 0.1) is 0 Å². The highest BCUT2D eigenvalue weighted by Crippen LogP contribution is 2.09. The molecule has 0 saturated carbocycles. The highest BCUT2D eigenvalue weighted by Gasteiger charge is 2.18. The average Bonchev–Trinajstić information content (AvgIpc) is 2.25. The van der Waals surface area contributed by atoms with Crippen LogP contribution in [0.4, 0.5) is 0 Å². The van der Waals surface area contributed by atoms with Crippen molar-refractivity contribution in [2.24, 2.45) is 0 Å². The second-order valence-electron chi connectivity index (χ2n) is 3.87. The first-order chi connectivity index (χ1) is 7.25. The van der Waals surface area contributed by atoms with Crippen molar-refractivity contribution in [3.8, 4) is 0 Å². The minimum absolute atomic E-state index is 0.451. The van der Waals surface area contributed by atoms with Crippen LogP contribution >= 0.6 is 11.6 Å². The quantitative estimate of drug-likeness (QED) is 0.815. The number of aromatic nitrogens is 2. The summed E-state index contributed by atoms with van der Waals surface area (Å²) in [4.78, 5) is 2.40. The van der Waals surface area contributed by atoms with Gasteiger partial charge in [-0.15, -0.1) is 5.10 Å². The van der Waals surface area contributed by atoms with E-state index in [0.717, 1.165) is 31.9 Å². The van der Waals surface area contributed by atoms with Crippen LogP contribution in [0.15, 0.2) is 12.1 Å². The average molecular weight is 227 g/mol. The molecule has 1 saturated heterocycles. The van der Waals surface area contributed by atoms with E-state index in [2.05, 4.69) is 27.3 Å². The number of halogens is 1. The molecule has 0 aliphatic carbocycles. The lowest BCUT2D eigenvalue weighted by molar-refractivity contribution is 0.163. The molecule has 1 aliphatic rings. The fraction of sp³-hybridized carbons (Fsp3) is 0.600. The minimum atomic E-state index is 0.451. The summed E-state index contributed by atoms with van der Waals surface area (Å²) in [5.74, 6) is 0. The molecule has 4 nitrogen and oxygen atoms in total. The van der Waals surface area contributed by atoms with Crippen LogP contribution in [-0.4, -0.2) is 40.8 Å². The van der Waals surface area contributed by atoms with Gasteiger partial charge in [0.1, 0.15) is 0 Å². The molecule has 82 valence electrons. The zero-order valence-corrected chi connectivity index (χ0v) is 9.54. The van der Waals surface area contributed by atoms with Crippen molar-refractivity contribution in [3.05, 3.63) is 23.0 Å². The zero-order chi connectivity index (χ0) is 10.7. The SMILES string of the molecule is CC1CNCCN1Cc1ccc(Cl)nn1. The van der Waals surface area contributed by atoms with Gasteiger partial charge in [0.15, 0.2) is 5.15 Å². The highest BCUT2D eigenvalue weighted by molar-refractivity contribution is 6.29. The summed E-state index contributed by atoms with van der Waals surface area (Å²) in [6, 6.07) is 4.28. The van der Waals surface area contributed by atoms with Crippen molar-refractivity contribution >= 4 is 11.6 Å². The first kappa shape index (κ1) is 10.8. The van der Waals surface area contributed by atoms with E-state index in [1.165, 1.54) is 0 Å². The molecule has 2 heterocycles. The van der Waals surface area contributed by atoms with Gasteiger partial charge in [-0.1, -0.05) is 11.6 Å². The fourth-order valence-corrected chi connectivity index (χ4v) is 1.85. The van der Waals surface area contributed by atoms with Gasteiger partial charge in [0.05, 0.1) is 5.69 Å². The summed E-state index contributed by atoms with van der Waals surface area (Å²) in [6.07, 6.45) is 0. The lowest BCUT2D eigenvalue weighted by atomic mass is 10.2. The van der Waals surface area contributed by atoms with Crippen LogP contribution in [0.5, 0.6) is 0 Å². The number of hydrogen-bond donors (Lipinski definition) is 1. The van der Waals surface area contributed by atoms with E-state index in [9.17, 15) is 0 Å². The van der Waals surface area contributed by atoms with Gasteiger partial charge >= 0.3 is 0 Å². The maximum Gasteiger partial charge on any atom is 0.151 e. The first-order valence-corrected chi connectivity index (χ1v) is 5.56. The van der Waals surface area contributed by atoms with Crippen LogP contribution in [0.1, 0.15) is 12.6 Å². The molecule has 0 amide bonds. The minimum Gasteiger partial charge on any atom is -0.314 e. The smallest absolute Gasteiger partial charge is 0.151 e. The molecule has 0 radical (unpaired) electrons. The Kier molecular flexibility index (Phi) is 3.51. The number of hydrogen-bond acceptors (Lipinski definition) is 4. The summed E-state index contributed by atoms with van der Waals surface area (Å²) in [6.45, 7) is 6.22. The Bertz CT molecular complexity index is 314. The second kappa shape index (κ2) is 4.88. The molecule has 1 fully saturated rings. The first-order valence-electron chi connectivity index (χ1n) is 5.18. The normalized spacial score (nSPS) is 22.9. The summed E-state index contributed by atoms with van der Waals surface area (Å²) < 4.78 is 0. The van der Waals surface area contributed by atoms with E-state index >= 15 is 0 Å². The van der Waals surface area contributed by atoms with E-state index < -0.39 is 0 Å². The second-order valence-corrected chi connectivity index (χ2v) is 4.26. The van der Waals surface area contributed by atoms with Crippen molar-refractivity contribution in [2.45, 2.75) is 19.5 Å². The lowest BCUT2D eigenvalue weighted by Gasteiger charge is -2.33. The van der Waals surface area contributed by atoms with Crippen LogP contribution in [-0.2, 0) is 6.54 Å². The zero-order valence-electron chi connectivity index (χ0n) is 8.78. The Labute approximate surface area is 94.6 Å². The molecule has 1 aromatic heterocycles. The topological polar surface area (TPSA) is 41.0 Å². The van der Waals surface area contributed by atoms with E-state index in [4.69, 9.17) is 11.6 Å². The molecule has 1 N–H and O–H groups in total.